The standard InChI is InChI=1S/C18H26N3O9P.2Na/c1-2-3-4-7-15(23)19-8-5-6-12-10-21(18(25)20-17(12)24)16-9-13(22)14(30-16)11-29-31(26,27)28;;/h10,13-14,16,22H,2-4,7-9,11H2,1H3,(H,19,23)(H,20,24,25)(H2,26,27,28);;/q;2*+1/p-2/t13?,14-,16-;;/m1../s1. The first-order chi connectivity index (χ1) is 14.6. The SMILES string of the molecule is CCCCCC(=O)NCC#Cc1cn([C@H]2CC(O)[C@@H](COP(=O)([O-])[O-])O2)c(=O)[nH]c1=O.[Na+].[Na+]. The average Bonchev–Trinajstić information content (AvgIpc) is 3.05. The maximum Gasteiger partial charge on any atom is 1.00 e. The van der Waals surface area contributed by atoms with Crippen molar-refractivity contribution in [1.82, 2.24) is 14.9 Å². The molecule has 1 aromatic rings. The molecule has 1 aliphatic rings. The molecule has 15 heteroatoms. The molecule has 1 amide bonds. The summed E-state index contributed by atoms with van der Waals surface area (Å²) >= 11 is 0. The van der Waals surface area contributed by atoms with Crippen LogP contribution >= 0.6 is 7.82 Å². The molecule has 3 atom stereocenters. The van der Waals surface area contributed by atoms with Crippen LogP contribution in [-0.4, -0.2) is 45.9 Å². The molecule has 0 aliphatic carbocycles. The summed E-state index contributed by atoms with van der Waals surface area (Å²) in [4.78, 5) is 59.0. The van der Waals surface area contributed by atoms with Crippen LogP contribution in [0.15, 0.2) is 15.8 Å². The quantitative estimate of drug-likeness (QED) is 0.127. The molecule has 2 heterocycles. The van der Waals surface area contributed by atoms with E-state index in [0.29, 0.717) is 6.42 Å². The third kappa shape index (κ3) is 11.3. The van der Waals surface area contributed by atoms with Gasteiger partial charge >= 0.3 is 64.8 Å². The Morgan fingerprint density at radius 2 is 2.09 bits per heavy atom. The zero-order chi connectivity index (χ0) is 23.0. The molecular weight excluding hydrogens is 479 g/mol. The van der Waals surface area contributed by atoms with Gasteiger partial charge in [0.15, 0.2) is 0 Å². The fraction of sp³-hybridized carbons (Fsp3) is 0.611. The van der Waals surface area contributed by atoms with Gasteiger partial charge in [-0.1, -0.05) is 31.6 Å². The third-order valence-electron chi connectivity index (χ3n) is 4.48. The number of hydrogen-bond acceptors (Lipinski definition) is 9. The molecule has 172 valence electrons. The third-order valence-corrected chi connectivity index (χ3v) is 4.95. The first-order valence-electron chi connectivity index (χ1n) is 9.72. The van der Waals surface area contributed by atoms with Crippen molar-refractivity contribution >= 4 is 13.7 Å². The maximum absolute atomic E-state index is 12.1. The van der Waals surface area contributed by atoms with Crippen molar-refractivity contribution in [1.29, 1.82) is 0 Å². The number of nitrogens with one attached hydrogen (secondary N) is 2. The second kappa shape index (κ2) is 15.7. The number of phosphoric acid groups is 1. The first-order valence-corrected chi connectivity index (χ1v) is 11.2. The Hall–Kier alpha value is -0.260. The number of amides is 1. The van der Waals surface area contributed by atoms with E-state index < -0.39 is 44.1 Å². The first kappa shape index (κ1) is 32.7. The Labute approximate surface area is 234 Å². The predicted molar refractivity (Wildman–Crippen MR) is 103 cm³/mol. The topological polar surface area (TPSA) is 186 Å². The Kier molecular flexibility index (Phi) is 15.6. The summed E-state index contributed by atoms with van der Waals surface area (Å²) in [6.07, 6.45) is 0.761. The van der Waals surface area contributed by atoms with E-state index in [4.69, 9.17) is 4.74 Å². The van der Waals surface area contributed by atoms with Crippen LogP contribution in [0.3, 0.4) is 0 Å². The summed E-state index contributed by atoms with van der Waals surface area (Å²) in [6, 6.07) is 0. The van der Waals surface area contributed by atoms with Crippen LogP contribution < -0.4 is 85.5 Å². The number of ether oxygens (including phenoxy) is 1. The van der Waals surface area contributed by atoms with Gasteiger partial charge in [-0.2, -0.15) is 0 Å². The van der Waals surface area contributed by atoms with E-state index in [1.54, 1.807) is 0 Å². The molecule has 3 N–H and O–H groups in total. The molecule has 2 rings (SSSR count). The zero-order valence-corrected chi connectivity index (χ0v) is 23.8. The van der Waals surface area contributed by atoms with E-state index in [1.165, 1.54) is 0 Å². The smallest absolute Gasteiger partial charge is 0.790 e. The number of phosphoric ester groups is 1. The van der Waals surface area contributed by atoms with Crippen LogP contribution in [0.5, 0.6) is 0 Å². The normalized spacial score (nSPS) is 19.6. The van der Waals surface area contributed by atoms with Gasteiger partial charge in [0.1, 0.15) is 17.9 Å². The summed E-state index contributed by atoms with van der Waals surface area (Å²) in [5.74, 6) is 5.04. The molecule has 0 bridgehead atoms. The fourth-order valence-corrected chi connectivity index (χ4v) is 3.22. The van der Waals surface area contributed by atoms with E-state index in [0.717, 1.165) is 30.0 Å². The van der Waals surface area contributed by atoms with E-state index in [9.17, 15) is 33.8 Å². The van der Waals surface area contributed by atoms with Crippen LogP contribution in [0, 0.1) is 11.8 Å². The average molecular weight is 503 g/mol. The zero-order valence-electron chi connectivity index (χ0n) is 18.9. The molecule has 0 radical (unpaired) electrons. The number of hydrogen-bond donors (Lipinski definition) is 3. The number of aromatic nitrogens is 2. The van der Waals surface area contributed by atoms with Crippen molar-refractivity contribution in [3.05, 3.63) is 32.6 Å². The fourth-order valence-electron chi connectivity index (χ4n) is 2.90. The van der Waals surface area contributed by atoms with Crippen molar-refractivity contribution in [2.24, 2.45) is 0 Å². The minimum absolute atomic E-state index is 0. The number of unbranched alkanes of at least 4 members (excludes halogenated alkanes) is 2. The van der Waals surface area contributed by atoms with Crippen LogP contribution in [0.1, 0.15) is 50.8 Å². The van der Waals surface area contributed by atoms with Crippen molar-refractivity contribution in [3.8, 4) is 11.8 Å². The predicted octanol–water partition coefficient (Wildman–Crippen LogP) is -7.91. The van der Waals surface area contributed by atoms with Crippen LogP contribution in [0.25, 0.3) is 0 Å². The molecule has 1 aromatic heterocycles. The van der Waals surface area contributed by atoms with E-state index in [2.05, 4.69) is 26.7 Å². The monoisotopic (exact) mass is 503 g/mol. The Balaban J connectivity index is 0.00000512. The number of rotatable bonds is 9. The molecule has 12 nitrogen and oxygen atoms in total. The molecule has 0 saturated carbocycles. The van der Waals surface area contributed by atoms with Gasteiger partial charge in [0.05, 0.1) is 27.1 Å². The van der Waals surface area contributed by atoms with Crippen molar-refractivity contribution in [2.45, 2.75) is 57.5 Å². The van der Waals surface area contributed by atoms with Gasteiger partial charge < -0.3 is 34.0 Å². The number of carbonyl (C=O) groups is 1. The van der Waals surface area contributed by atoms with Crippen molar-refractivity contribution < 1.29 is 92.6 Å². The summed E-state index contributed by atoms with van der Waals surface area (Å²) < 4.78 is 21.1. The second-order valence-electron chi connectivity index (χ2n) is 6.92. The van der Waals surface area contributed by atoms with Crippen LogP contribution in [0.2, 0.25) is 0 Å². The number of aliphatic hydroxyl groups is 1. The Morgan fingerprint density at radius 3 is 2.73 bits per heavy atom. The number of carbonyl (C=O) groups excluding carboxylic acids is 1. The van der Waals surface area contributed by atoms with Crippen molar-refractivity contribution in [3.63, 3.8) is 0 Å². The van der Waals surface area contributed by atoms with Gasteiger partial charge in [-0.25, -0.2) is 4.79 Å². The number of aliphatic hydroxyl groups excluding tert-OH is 1. The minimum atomic E-state index is -5.25. The molecule has 1 saturated heterocycles. The van der Waals surface area contributed by atoms with Gasteiger partial charge in [-0.05, 0) is 6.42 Å². The summed E-state index contributed by atoms with van der Waals surface area (Å²) in [7, 11) is -5.25. The molecular formula is C18H24N3Na2O9P. The Morgan fingerprint density at radius 1 is 1.39 bits per heavy atom. The van der Waals surface area contributed by atoms with Gasteiger partial charge in [0.2, 0.25) is 5.91 Å². The molecule has 1 fully saturated rings. The summed E-state index contributed by atoms with van der Waals surface area (Å²) in [5, 5.41) is 12.6. The largest absolute Gasteiger partial charge is 1.00 e. The molecule has 0 aromatic carbocycles. The van der Waals surface area contributed by atoms with E-state index in [-0.39, 0.29) is 83.6 Å². The van der Waals surface area contributed by atoms with Gasteiger partial charge in [-0.3, -0.25) is 19.1 Å². The summed E-state index contributed by atoms with van der Waals surface area (Å²) in [5.41, 5.74) is -1.63. The second-order valence-corrected chi connectivity index (χ2v) is 8.07. The Bertz CT molecular complexity index is 998. The van der Waals surface area contributed by atoms with E-state index >= 15 is 0 Å². The number of aromatic amines is 1. The molecule has 33 heavy (non-hydrogen) atoms. The van der Waals surface area contributed by atoms with Crippen LogP contribution in [-0.2, 0) is 18.6 Å². The molecule has 0 spiro atoms. The van der Waals surface area contributed by atoms with Gasteiger partial charge in [0, 0.05) is 19.0 Å². The summed E-state index contributed by atoms with van der Waals surface area (Å²) in [6.45, 7) is 1.35. The number of H-pyrrole nitrogens is 1. The number of nitrogens with zero attached hydrogens (tertiary/aromatic N) is 1. The van der Waals surface area contributed by atoms with Crippen LogP contribution in [0.4, 0.5) is 0 Å². The van der Waals surface area contributed by atoms with E-state index in [1.807, 2.05) is 6.92 Å². The molecule has 1 aliphatic heterocycles. The van der Waals surface area contributed by atoms with Crippen molar-refractivity contribution in [2.75, 3.05) is 13.2 Å². The van der Waals surface area contributed by atoms with Gasteiger partial charge in [-0.15, -0.1) is 0 Å². The maximum atomic E-state index is 12.1. The molecule has 1 unspecified atom stereocenters. The van der Waals surface area contributed by atoms with Gasteiger partial charge in [0.25, 0.3) is 5.56 Å². The minimum Gasteiger partial charge on any atom is -0.790 e.